The standard InChI is InChI=1S/C13H10FNO3/c1-8-4-10(2-3-12(8)14)18-11-5-9(13(16)17)6-15-7-11/h2-7H,1H3,(H,16,17). The van der Waals surface area contributed by atoms with Crippen molar-refractivity contribution in [3.8, 4) is 11.5 Å². The van der Waals surface area contributed by atoms with Crippen LogP contribution in [-0.2, 0) is 0 Å². The number of pyridine rings is 1. The quantitative estimate of drug-likeness (QED) is 0.905. The number of carboxylic acid groups (broad SMARTS) is 1. The molecule has 0 amide bonds. The second-order valence-electron chi connectivity index (χ2n) is 3.73. The summed E-state index contributed by atoms with van der Waals surface area (Å²) in [4.78, 5) is 14.5. The van der Waals surface area contributed by atoms with Crippen molar-refractivity contribution >= 4 is 5.97 Å². The number of benzene rings is 1. The maximum atomic E-state index is 13.1. The van der Waals surface area contributed by atoms with E-state index in [1.54, 1.807) is 6.92 Å². The van der Waals surface area contributed by atoms with Gasteiger partial charge in [0.25, 0.3) is 0 Å². The lowest BCUT2D eigenvalue weighted by atomic mass is 10.2. The highest BCUT2D eigenvalue weighted by Crippen LogP contribution is 2.23. The van der Waals surface area contributed by atoms with Crippen LogP contribution in [0.15, 0.2) is 36.7 Å². The molecule has 1 aromatic carbocycles. The minimum atomic E-state index is -1.08. The van der Waals surface area contributed by atoms with Gasteiger partial charge in [0.1, 0.15) is 17.3 Å². The van der Waals surface area contributed by atoms with Crippen molar-refractivity contribution < 1.29 is 19.0 Å². The zero-order valence-electron chi connectivity index (χ0n) is 9.55. The Balaban J connectivity index is 2.25. The molecule has 0 unspecified atom stereocenters. The van der Waals surface area contributed by atoms with Crippen LogP contribution in [0, 0.1) is 12.7 Å². The Hall–Kier alpha value is -2.43. The summed E-state index contributed by atoms with van der Waals surface area (Å²) in [5, 5.41) is 8.81. The summed E-state index contributed by atoms with van der Waals surface area (Å²) in [7, 11) is 0. The third kappa shape index (κ3) is 2.63. The summed E-state index contributed by atoms with van der Waals surface area (Å²) in [5.41, 5.74) is 0.487. The maximum Gasteiger partial charge on any atom is 0.337 e. The number of ether oxygens (including phenoxy) is 1. The van der Waals surface area contributed by atoms with E-state index in [0.717, 1.165) is 0 Å². The van der Waals surface area contributed by atoms with Crippen LogP contribution in [0.3, 0.4) is 0 Å². The van der Waals surface area contributed by atoms with Crippen molar-refractivity contribution in [3.05, 3.63) is 53.6 Å². The van der Waals surface area contributed by atoms with Crippen LogP contribution in [0.1, 0.15) is 15.9 Å². The molecular weight excluding hydrogens is 237 g/mol. The molecule has 1 aromatic heterocycles. The van der Waals surface area contributed by atoms with Crippen molar-refractivity contribution in [2.24, 2.45) is 0 Å². The first kappa shape index (κ1) is 12.0. The van der Waals surface area contributed by atoms with Crippen LogP contribution in [0.2, 0.25) is 0 Å². The molecule has 1 heterocycles. The molecule has 0 spiro atoms. The van der Waals surface area contributed by atoms with E-state index in [1.165, 1.54) is 36.7 Å². The summed E-state index contributed by atoms with van der Waals surface area (Å²) in [6, 6.07) is 5.64. The lowest BCUT2D eigenvalue weighted by molar-refractivity contribution is 0.0696. The van der Waals surface area contributed by atoms with E-state index in [2.05, 4.69) is 4.98 Å². The second kappa shape index (κ2) is 4.83. The van der Waals surface area contributed by atoms with Gasteiger partial charge in [-0.15, -0.1) is 0 Å². The predicted octanol–water partition coefficient (Wildman–Crippen LogP) is 3.02. The van der Waals surface area contributed by atoms with Crippen molar-refractivity contribution in [1.29, 1.82) is 0 Å². The first-order chi connectivity index (χ1) is 8.56. The second-order valence-corrected chi connectivity index (χ2v) is 3.73. The van der Waals surface area contributed by atoms with E-state index in [0.29, 0.717) is 17.1 Å². The maximum absolute atomic E-state index is 13.1. The number of hydrogen-bond donors (Lipinski definition) is 1. The Labute approximate surface area is 103 Å². The average molecular weight is 247 g/mol. The number of aromatic nitrogens is 1. The van der Waals surface area contributed by atoms with Gasteiger partial charge in [0, 0.05) is 6.20 Å². The normalized spacial score (nSPS) is 10.1. The highest BCUT2D eigenvalue weighted by atomic mass is 19.1. The van der Waals surface area contributed by atoms with Crippen LogP contribution >= 0.6 is 0 Å². The number of carbonyl (C=O) groups is 1. The molecule has 0 aliphatic rings. The Kier molecular flexibility index (Phi) is 3.23. The average Bonchev–Trinajstić information content (AvgIpc) is 2.34. The number of aromatic carboxylic acids is 1. The van der Waals surface area contributed by atoms with Crippen molar-refractivity contribution in [3.63, 3.8) is 0 Å². The number of hydrogen-bond acceptors (Lipinski definition) is 3. The molecule has 0 fully saturated rings. The van der Waals surface area contributed by atoms with Gasteiger partial charge in [0.2, 0.25) is 0 Å². The summed E-state index contributed by atoms with van der Waals surface area (Å²) in [5.74, 6) is -0.679. The monoisotopic (exact) mass is 247 g/mol. The van der Waals surface area contributed by atoms with Crippen LogP contribution in [-0.4, -0.2) is 16.1 Å². The van der Waals surface area contributed by atoms with Gasteiger partial charge in [0.15, 0.2) is 0 Å². The number of nitrogens with zero attached hydrogens (tertiary/aromatic N) is 1. The molecule has 92 valence electrons. The predicted molar refractivity (Wildman–Crippen MR) is 62.4 cm³/mol. The van der Waals surface area contributed by atoms with Crippen molar-refractivity contribution in [1.82, 2.24) is 4.98 Å². The summed E-state index contributed by atoms with van der Waals surface area (Å²) in [6.45, 7) is 1.62. The molecule has 18 heavy (non-hydrogen) atoms. The van der Waals surface area contributed by atoms with E-state index < -0.39 is 5.97 Å². The van der Waals surface area contributed by atoms with E-state index in [-0.39, 0.29) is 11.4 Å². The number of rotatable bonds is 3. The molecule has 0 saturated heterocycles. The molecule has 5 heteroatoms. The number of carboxylic acids is 1. The molecule has 0 aliphatic heterocycles. The molecule has 4 nitrogen and oxygen atoms in total. The molecular formula is C13H10FNO3. The zero-order chi connectivity index (χ0) is 13.1. The third-order valence-electron chi connectivity index (χ3n) is 2.33. The van der Waals surface area contributed by atoms with Gasteiger partial charge in [0.05, 0.1) is 11.8 Å². The zero-order valence-corrected chi connectivity index (χ0v) is 9.55. The Bertz CT molecular complexity index is 599. The lowest BCUT2D eigenvalue weighted by Gasteiger charge is -2.06. The molecule has 1 N–H and O–H groups in total. The van der Waals surface area contributed by atoms with Gasteiger partial charge >= 0.3 is 5.97 Å². The smallest absolute Gasteiger partial charge is 0.337 e. The minimum absolute atomic E-state index is 0.0336. The molecule has 0 saturated carbocycles. The molecule has 0 aliphatic carbocycles. The first-order valence-corrected chi connectivity index (χ1v) is 5.18. The van der Waals surface area contributed by atoms with Gasteiger partial charge in [-0.05, 0) is 36.8 Å². The molecule has 0 radical (unpaired) electrons. The number of aryl methyl sites for hydroxylation is 1. The van der Waals surface area contributed by atoms with Crippen LogP contribution in [0.4, 0.5) is 4.39 Å². The molecule has 0 bridgehead atoms. The summed E-state index contributed by atoms with van der Waals surface area (Å²) in [6.07, 6.45) is 2.62. The summed E-state index contributed by atoms with van der Waals surface area (Å²) < 4.78 is 18.5. The highest BCUT2D eigenvalue weighted by molar-refractivity contribution is 5.87. The SMILES string of the molecule is Cc1cc(Oc2cncc(C(=O)O)c2)ccc1F. The van der Waals surface area contributed by atoms with E-state index in [1.807, 2.05) is 0 Å². The molecule has 0 atom stereocenters. The Morgan fingerprint density at radius 1 is 1.28 bits per heavy atom. The van der Waals surface area contributed by atoms with Gasteiger partial charge < -0.3 is 9.84 Å². The van der Waals surface area contributed by atoms with Crippen molar-refractivity contribution in [2.45, 2.75) is 6.92 Å². The summed E-state index contributed by atoms with van der Waals surface area (Å²) >= 11 is 0. The Morgan fingerprint density at radius 3 is 2.72 bits per heavy atom. The fourth-order valence-corrected chi connectivity index (χ4v) is 1.41. The van der Waals surface area contributed by atoms with Crippen LogP contribution < -0.4 is 4.74 Å². The van der Waals surface area contributed by atoms with Gasteiger partial charge in [-0.25, -0.2) is 9.18 Å². The third-order valence-corrected chi connectivity index (χ3v) is 2.33. The van der Waals surface area contributed by atoms with Crippen LogP contribution in [0.25, 0.3) is 0 Å². The molecule has 2 aromatic rings. The van der Waals surface area contributed by atoms with Crippen molar-refractivity contribution in [2.75, 3.05) is 0 Å². The lowest BCUT2D eigenvalue weighted by Crippen LogP contribution is -1.97. The largest absolute Gasteiger partial charge is 0.478 e. The van der Waals surface area contributed by atoms with Gasteiger partial charge in [-0.3, -0.25) is 4.98 Å². The molecule has 2 rings (SSSR count). The topological polar surface area (TPSA) is 59.4 Å². The van der Waals surface area contributed by atoms with E-state index in [4.69, 9.17) is 9.84 Å². The minimum Gasteiger partial charge on any atom is -0.478 e. The van der Waals surface area contributed by atoms with E-state index >= 15 is 0 Å². The van der Waals surface area contributed by atoms with E-state index in [9.17, 15) is 9.18 Å². The van der Waals surface area contributed by atoms with Crippen LogP contribution in [0.5, 0.6) is 11.5 Å². The fraction of sp³-hybridized carbons (Fsp3) is 0.0769. The highest BCUT2D eigenvalue weighted by Gasteiger charge is 2.06. The Morgan fingerprint density at radius 2 is 2.06 bits per heavy atom. The fourth-order valence-electron chi connectivity index (χ4n) is 1.41. The number of halogens is 1. The first-order valence-electron chi connectivity index (χ1n) is 5.18. The van der Waals surface area contributed by atoms with Gasteiger partial charge in [-0.2, -0.15) is 0 Å². The van der Waals surface area contributed by atoms with Gasteiger partial charge in [-0.1, -0.05) is 0 Å².